The van der Waals surface area contributed by atoms with Crippen molar-refractivity contribution < 1.29 is 17.9 Å². The van der Waals surface area contributed by atoms with Crippen LogP contribution in [0.1, 0.15) is 37.3 Å². The van der Waals surface area contributed by atoms with Gasteiger partial charge in [-0.3, -0.25) is 4.90 Å². The lowest BCUT2D eigenvalue weighted by atomic mass is 9.85. The van der Waals surface area contributed by atoms with Gasteiger partial charge >= 0.3 is 6.18 Å². The lowest BCUT2D eigenvalue weighted by Gasteiger charge is -2.32. The van der Waals surface area contributed by atoms with Crippen molar-refractivity contribution >= 4 is 29.9 Å². The number of aromatic nitrogens is 3. The molecule has 2 aliphatic rings. The molecule has 1 saturated carbocycles. The van der Waals surface area contributed by atoms with Crippen molar-refractivity contribution in [2.75, 3.05) is 39.4 Å². The first-order chi connectivity index (χ1) is 14.3. The summed E-state index contributed by atoms with van der Waals surface area (Å²) in [6.07, 6.45) is -2.59. The number of halogens is 4. The summed E-state index contributed by atoms with van der Waals surface area (Å²) in [4.78, 5) is 6.87. The van der Waals surface area contributed by atoms with E-state index in [1.807, 2.05) is 18.5 Å². The third-order valence-corrected chi connectivity index (χ3v) is 5.86. The molecule has 2 unspecified atom stereocenters. The predicted octanol–water partition coefficient (Wildman–Crippen LogP) is 2.23. The molecular formula is C19H33F3IN7O. The Morgan fingerprint density at radius 2 is 1.97 bits per heavy atom. The van der Waals surface area contributed by atoms with E-state index in [-0.39, 0.29) is 42.9 Å². The average Bonchev–Trinajstić information content (AvgIpc) is 3.04. The second kappa shape index (κ2) is 12.2. The van der Waals surface area contributed by atoms with Crippen LogP contribution in [-0.2, 0) is 18.3 Å². The number of aryl methyl sites for hydroxylation is 1. The summed E-state index contributed by atoms with van der Waals surface area (Å²) < 4.78 is 46.7. The molecule has 2 fully saturated rings. The monoisotopic (exact) mass is 559 g/mol. The van der Waals surface area contributed by atoms with Crippen LogP contribution in [0.5, 0.6) is 0 Å². The first-order valence-electron chi connectivity index (χ1n) is 10.6. The fourth-order valence-electron chi connectivity index (χ4n) is 3.86. The largest absolute Gasteiger partial charge is 0.391 e. The Morgan fingerprint density at radius 3 is 2.61 bits per heavy atom. The van der Waals surface area contributed by atoms with E-state index in [2.05, 4.69) is 30.7 Å². The van der Waals surface area contributed by atoms with Crippen LogP contribution >= 0.6 is 24.0 Å². The maximum atomic E-state index is 13.2. The zero-order chi connectivity index (χ0) is 21.6. The first-order valence-corrected chi connectivity index (χ1v) is 10.6. The second-order valence-corrected chi connectivity index (χ2v) is 8.01. The van der Waals surface area contributed by atoms with Gasteiger partial charge in [0, 0.05) is 39.3 Å². The number of alkyl halides is 3. The summed E-state index contributed by atoms with van der Waals surface area (Å²) >= 11 is 0. The predicted molar refractivity (Wildman–Crippen MR) is 122 cm³/mol. The maximum absolute atomic E-state index is 13.2. The molecule has 1 aliphatic carbocycles. The Bertz CT molecular complexity index is 707. The summed E-state index contributed by atoms with van der Waals surface area (Å²) in [6.45, 7) is 6.86. The Balaban J connectivity index is 0.00000341. The number of hydrogen-bond acceptors (Lipinski definition) is 5. The molecule has 1 aromatic rings. The van der Waals surface area contributed by atoms with Crippen LogP contribution in [0.2, 0.25) is 0 Å². The van der Waals surface area contributed by atoms with Gasteiger partial charge in [0.05, 0.1) is 19.1 Å². The number of aliphatic imine (C=N–C) groups is 1. The van der Waals surface area contributed by atoms with Gasteiger partial charge in [-0.15, -0.1) is 34.2 Å². The Kier molecular flexibility index (Phi) is 10.3. The smallest absolute Gasteiger partial charge is 0.379 e. The van der Waals surface area contributed by atoms with E-state index in [1.54, 1.807) is 0 Å². The molecule has 31 heavy (non-hydrogen) atoms. The van der Waals surface area contributed by atoms with Gasteiger partial charge in [0.25, 0.3) is 0 Å². The molecule has 1 aliphatic heterocycles. The van der Waals surface area contributed by atoms with E-state index >= 15 is 0 Å². The zero-order valence-electron chi connectivity index (χ0n) is 18.1. The summed E-state index contributed by atoms with van der Waals surface area (Å²) in [7, 11) is 1.87. The Morgan fingerprint density at radius 1 is 1.23 bits per heavy atom. The molecule has 8 nitrogen and oxygen atoms in total. The van der Waals surface area contributed by atoms with Gasteiger partial charge in [0.1, 0.15) is 12.4 Å². The lowest BCUT2D eigenvalue weighted by Crippen LogP contribution is -2.49. The molecule has 12 heteroatoms. The van der Waals surface area contributed by atoms with Crippen LogP contribution in [-0.4, -0.2) is 77.2 Å². The fourth-order valence-corrected chi connectivity index (χ4v) is 3.86. The molecule has 0 bridgehead atoms. The van der Waals surface area contributed by atoms with Crippen LogP contribution in [0.15, 0.2) is 4.99 Å². The summed E-state index contributed by atoms with van der Waals surface area (Å²) in [6, 6.07) is -0.249. The number of morpholine rings is 1. The molecule has 1 aromatic heterocycles. The number of ether oxygens (including phenoxy) is 1. The van der Waals surface area contributed by atoms with Crippen LogP contribution in [0.4, 0.5) is 13.2 Å². The molecule has 2 heterocycles. The maximum Gasteiger partial charge on any atom is 0.391 e. The quantitative estimate of drug-likeness (QED) is 0.317. The first kappa shape index (κ1) is 26.1. The third-order valence-electron chi connectivity index (χ3n) is 5.86. The molecule has 0 amide bonds. The van der Waals surface area contributed by atoms with E-state index in [4.69, 9.17) is 4.74 Å². The van der Waals surface area contributed by atoms with Crippen molar-refractivity contribution in [2.24, 2.45) is 18.0 Å². The third kappa shape index (κ3) is 8.04. The van der Waals surface area contributed by atoms with Gasteiger partial charge < -0.3 is 19.9 Å². The Labute approximate surface area is 198 Å². The van der Waals surface area contributed by atoms with E-state index < -0.39 is 12.1 Å². The van der Waals surface area contributed by atoms with Crippen molar-refractivity contribution in [2.45, 2.75) is 51.4 Å². The van der Waals surface area contributed by atoms with Crippen molar-refractivity contribution in [1.82, 2.24) is 30.3 Å². The molecule has 2 atom stereocenters. The van der Waals surface area contributed by atoms with Crippen molar-refractivity contribution in [3.8, 4) is 0 Å². The van der Waals surface area contributed by atoms with Gasteiger partial charge in [0.2, 0.25) is 0 Å². The SMILES string of the molecule is Cc1nnc(CN=C(NCCN2CCOCC2)NC2CCCC(C(F)(F)F)C2)n1C.I. The van der Waals surface area contributed by atoms with Crippen LogP contribution < -0.4 is 10.6 Å². The minimum Gasteiger partial charge on any atom is -0.379 e. The molecule has 1 saturated heterocycles. The molecule has 178 valence electrons. The molecular weight excluding hydrogens is 526 g/mol. The second-order valence-electron chi connectivity index (χ2n) is 8.01. The number of nitrogens with one attached hydrogen (secondary N) is 2. The fraction of sp³-hybridized carbons (Fsp3) is 0.842. The summed E-state index contributed by atoms with van der Waals surface area (Å²) in [5.41, 5.74) is 0. The highest BCUT2D eigenvalue weighted by molar-refractivity contribution is 14.0. The van der Waals surface area contributed by atoms with Crippen LogP contribution in [0.3, 0.4) is 0 Å². The lowest BCUT2D eigenvalue weighted by molar-refractivity contribution is -0.183. The van der Waals surface area contributed by atoms with Crippen molar-refractivity contribution in [3.63, 3.8) is 0 Å². The number of hydrogen-bond donors (Lipinski definition) is 2. The normalized spacial score (nSPS) is 23.3. The van der Waals surface area contributed by atoms with E-state index in [1.165, 1.54) is 0 Å². The standard InChI is InChI=1S/C19H32F3N7O.HI/c1-14-26-27-17(28(14)2)13-24-18(23-6-7-29-8-10-30-11-9-29)25-16-5-3-4-15(12-16)19(20,21)22;/h15-16H,3-13H2,1-2H3,(H2,23,24,25);1H. The van der Waals surface area contributed by atoms with Gasteiger partial charge in [0.15, 0.2) is 11.8 Å². The number of nitrogens with zero attached hydrogens (tertiary/aromatic N) is 5. The van der Waals surface area contributed by atoms with E-state index in [0.29, 0.717) is 37.7 Å². The number of guanidine groups is 1. The molecule has 0 aromatic carbocycles. The minimum atomic E-state index is -4.14. The van der Waals surface area contributed by atoms with Gasteiger partial charge in [-0.25, -0.2) is 4.99 Å². The summed E-state index contributed by atoms with van der Waals surface area (Å²) in [5, 5.41) is 14.7. The summed E-state index contributed by atoms with van der Waals surface area (Å²) in [5.74, 6) is 0.769. The minimum absolute atomic E-state index is 0. The molecule has 3 rings (SSSR count). The van der Waals surface area contributed by atoms with E-state index in [0.717, 1.165) is 38.7 Å². The Hall–Kier alpha value is -1.15. The molecule has 0 radical (unpaired) electrons. The van der Waals surface area contributed by atoms with Gasteiger partial charge in [-0.1, -0.05) is 6.42 Å². The van der Waals surface area contributed by atoms with E-state index in [9.17, 15) is 13.2 Å². The topological polar surface area (TPSA) is 79.6 Å². The van der Waals surface area contributed by atoms with Crippen LogP contribution in [0, 0.1) is 12.8 Å². The average molecular weight is 559 g/mol. The van der Waals surface area contributed by atoms with Crippen molar-refractivity contribution in [3.05, 3.63) is 11.6 Å². The molecule has 0 spiro atoms. The highest BCUT2D eigenvalue weighted by atomic mass is 127. The van der Waals surface area contributed by atoms with Gasteiger partial charge in [-0.2, -0.15) is 13.2 Å². The highest BCUT2D eigenvalue weighted by Gasteiger charge is 2.42. The molecule has 2 N–H and O–H groups in total. The van der Waals surface area contributed by atoms with Gasteiger partial charge in [-0.05, 0) is 26.2 Å². The van der Waals surface area contributed by atoms with Crippen LogP contribution in [0.25, 0.3) is 0 Å². The zero-order valence-corrected chi connectivity index (χ0v) is 20.4. The highest BCUT2D eigenvalue weighted by Crippen LogP contribution is 2.37. The number of rotatable bonds is 6. The van der Waals surface area contributed by atoms with Crippen molar-refractivity contribution in [1.29, 1.82) is 0 Å².